The lowest BCUT2D eigenvalue weighted by molar-refractivity contribution is 0.707. The Morgan fingerprint density at radius 1 is 1.31 bits per heavy atom. The van der Waals surface area contributed by atoms with Gasteiger partial charge in [0.2, 0.25) is 0 Å². The van der Waals surface area contributed by atoms with Gasteiger partial charge in [-0.1, -0.05) is 35.5 Å². The number of aromatic nitrogens is 3. The van der Waals surface area contributed by atoms with Gasteiger partial charge in [0.1, 0.15) is 0 Å². The monoisotopic (exact) mass is 235 g/mol. The van der Waals surface area contributed by atoms with Crippen LogP contribution in [0.3, 0.4) is 0 Å². The molecule has 0 saturated heterocycles. The molecule has 1 aromatic heterocycles. The summed E-state index contributed by atoms with van der Waals surface area (Å²) in [5.41, 5.74) is 2.24. The highest BCUT2D eigenvalue weighted by Crippen LogP contribution is 2.20. The van der Waals surface area contributed by atoms with Gasteiger partial charge in [-0.05, 0) is 5.56 Å². The third kappa shape index (κ3) is 2.61. The molecular formula is C12H14ClN3. The van der Waals surface area contributed by atoms with E-state index in [1.54, 1.807) is 4.68 Å². The van der Waals surface area contributed by atoms with Gasteiger partial charge < -0.3 is 0 Å². The Labute approximate surface area is 100 Å². The fourth-order valence-electron chi connectivity index (χ4n) is 1.73. The van der Waals surface area contributed by atoms with Crippen molar-refractivity contribution in [2.45, 2.75) is 12.3 Å². The Bertz CT molecular complexity index is 439. The van der Waals surface area contributed by atoms with Crippen molar-refractivity contribution in [3.8, 4) is 0 Å². The number of halogens is 1. The number of aryl methyl sites for hydroxylation is 1. The van der Waals surface area contributed by atoms with Crippen LogP contribution in [0.4, 0.5) is 0 Å². The summed E-state index contributed by atoms with van der Waals surface area (Å²) >= 11 is 6.00. The molecule has 4 heteroatoms. The van der Waals surface area contributed by atoms with Gasteiger partial charge in [0.25, 0.3) is 0 Å². The Kier molecular flexibility index (Phi) is 3.57. The minimum absolute atomic E-state index is 0.305. The Morgan fingerprint density at radius 3 is 2.62 bits per heavy atom. The van der Waals surface area contributed by atoms with E-state index in [4.69, 9.17) is 11.6 Å². The number of hydrogen-bond acceptors (Lipinski definition) is 2. The largest absolute Gasteiger partial charge is 0.255 e. The van der Waals surface area contributed by atoms with Crippen LogP contribution in [0.5, 0.6) is 0 Å². The second-order valence-electron chi connectivity index (χ2n) is 3.85. The molecule has 0 spiro atoms. The lowest BCUT2D eigenvalue weighted by Crippen LogP contribution is -2.04. The molecule has 1 unspecified atom stereocenters. The first kappa shape index (κ1) is 11.1. The molecule has 0 bridgehead atoms. The van der Waals surface area contributed by atoms with Crippen LogP contribution in [0.2, 0.25) is 0 Å². The molecule has 0 fully saturated rings. The van der Waals surface area contributed by atoms with Gasteiger partial charge >= 0.3 is 0 Å². The Hall–Kier alpha value is -1.35. The van der Waals surface area contributed by atoms with Gasteiger partial charge in [0.05, 0.1) is 5.69 Å². The van der Waals surface area contributed by atoms with Crippen LogP contribution in [0, 0.1) is 0 Å². The Balaban J connectivity index is 2.12. The third-order valence-corrected chi connectivity index (χ3v) is 2.94. The molecular weight excluding hydrogens is 222 g/mol. The van der Waals surface area contributed by atoms with Crippen molar-refractivity contribution in [2.75, 3.05) is 5.88 Å². The van der Waals surface area contributed by atoms with E-state index in [0.29, 0.717) is 11.8 Å². The molecule has 0 radical (unpaired) electrons. The quantitative estimate of drug-likeness (QED) is 0.762. The number of benzene rings is 1. The summed E-state index contributed by atoms with van der Waals surface area (Å²) in [6.45, 7) is 0. The molecule has 1 atom stereocenters. The van der Waals surface area contributed by atoms with Crippen molar-refractivity contribution in [1.82, 2.24) is 15.0 Å². The number of alkyl halides is 1. The van der Waals surface area contributed by atoms with Crippen LogP contribution in [0.25, 0.3) is 0 Å². The molecule has 0 N–H and O–H groups in total. The molecule has 0 aliphatic heterocycles. The first-order valence-electron chi connectivity index (χ1n) is 5.25. The molecule has 1 heterocycles. The van der Waals surface area contributed by atoms with E-state index < -0.39 is 0 Å². The first-order valence-corrected chi connectivity index (χ1v) is 5.79. The minimum Gasteiger partial charge on any atom is -0.255 e. The van der Waals surface area contributed by atoms with Gasteiger partial charge in [-0.25, -0.2) is 0 Å². The van der Waals surface area contributed by atoms with Gasteiger partial charge in [-0.15, -0.1) is 16.7 Å². The number of hydrogen-bond donors (Lipinski definition) is 0. The molecule has 0 amide bonds. The maximum absolute atomic E-state index is 6.00. The first-order chi connectivity index (χ1) is 7.79. The highest BCUT2D eigenvalue weighted by atomic mass is 35.5. The van der Waals surface area contributed by atoms with E-state index >= 15 is 0 Å². The van der Waals surface area contributed by atoms with Crippen molar-refractivity contribution < 1.29 is 0 Å². The average Bonchev–Trinajstić information content (AvgIpc) is 2.73. The van der Waals surface area contributed by atoms with Crippen molar-refractivity contribution in [2.24, 2.45) is 7.05 Å². The SMILES string of the molecule is Cn1cc(CC(CCl)c2ccccc2)nn1. The minimum atomic E-state index is 0.305. The van der Waals surface area contributed by atoms with Gasteiger partial charge in [-0.2, -0.15) is 0 Å². The molecule has 2 aromatic rings. The van der Waals surface area contributed by atoms with Crippen LogP contribution in [0.15, 0.2) is 36.5 Å². The number of rotatable bonds is 4. The summed E-state index contributed by atoms with van der Waals surface area (Å²) in [7, 11) is 1.87. The number of nitrogens with zero attached hydrogens (tertiary/aromatic N) is 3. The molecule has 2 rings (SSSR count). The third-order valence-electron chi connectivity index (χ3n) is 2.56. The highest BCUT2D eigenvalue weighted by Gasteiger charge is 2.12. The van der Waals surface area contributed by atoms with Crippen molar-refractivity contribution in [3.63, 3.8) is 0 Å². The lowest BCUT2D eigenvalue weighted by atomic mass is 9.96. The second kappa shape index (κ2) is 5.12. The summed E-state index contributed by atoms with van der Waals surface area (Å²) in [4.78, 5) is 0. The predicted octanol–water partition coefficient (Wildman–Crippen LogP) is 2.38. The molecule has 0 aliphatic rings. The van der Waals surface area contributed by atoms with Gasteiger partial charge in [-0.3, -0.25) is 4.68 Å². The van der Waals surface area contributed by atoms with Crippen LogP contribution < -0.4 is 0 Å². The smallest absolute Gasteiger partial charge is 0.0833 e. The van der Waals surface area contributed by atoms with Crippen LogP contribution in [-0.2, 0) is 13.5 Å². The summed E-state index contributed by atoms with van der Waals surface area (Å²) in [5, 5.41) is 8.00. The fraction of sp³-hybridized carbons (Fsp3) is 0.333. The summed E-state index contributed by atoms with van der Waals surface area (Å²) in [6, 6.07) is 10.3. The van der Waals surface area contributed by atoms with E-state index in [9.17, 15) is 0 Å². The normalized spacial score (nSPS) is 12.6. The van der Waals surface area contributed by atoms with E-state index in [0.717, 1.165) is 12.1 Å². The van der Waals surface area contributed by atoms with Crippen molar-refractivity contribution in [1.29, 1.82) is 0 Å². The zero-order chi connectivity index (χ0) is 11.4. The van der Waals surface area contributed by atoms with Crippen LogP contribution in [0.1, 0.15) is 17.2 Å². The molecule has 1 aromatic carbocycles. The topological polar surface area (TPSA) is 30.7 Å². The summed E-state index contributed by atoms with van der Waals surface area (Å²) in [5.74, 6) is 0.903. The zero-order valence-electron chi connectivity index (χ0n) is 9.18. The summed E-state index contributed by atoms with van der Waals surface area (Å²) < 4.78 is 1.71. The van der Waals surface area contributed by atoms with E-state index in [1.165, 1.54) is 5.56 Å². The maximum Gasteiger partial charge on any atom is 0.0833 e. The predicted molar refractivity (Wildman–Crippen MR) is 64.6 cm³/mol. The molecule has 84 valence electrons. The Morgan fingerprint density at radius 2 is 2.06 bits per heavy atom. The standard InChI is InChI=1S/C12H14ClN3/c1-16-9-12(14-15-16)7-11(8-13)10-5-3-2-4-6-10/h2-6,9,11H,7-8H2,1H3. The van der Waals surface area contributed by atoms with E-state index in [2.05, 4.69) is 22.4 Å². The molecule has 0 aliphatic carbocycles. The second-order valence-corrected chi connectivity index (χ2v) is 4.16. The maximum atomic E-state index is 6.00. The summed E-state index contributed by atoms with van der Waals surface area (Å²) in [6.07, 6.45) is 2.77. The van der Waals surface area contributed by atoms with Crippen molar-refractivity contribution >= 4 is 11.6 Å². The van der Waals surface area contributed by atoms with Crippen molar-refractivity contribution in [3.05, 3.63) is 47.8 Å². The average molecular weight is 236 g/mol. The fourth-order valence-corrected chi connectivity index (χ4v) is 2.02. The van der Waals surface area contributed by atoms with Crippen LogP contribution in [-0.4, -0.2) is 20.9 Å². The molecule has 16 heavy (non-hydrogen) atoms. The zero-order valence-corrected chi connectivity index (χ0v) is 9.93. The molecule has 3 nitrogen and oxygen atoms in total. The highest BCUT2D eigenvalue weighted by molar-refractivity contribution is 6.18. The van der Waals surface area contributed by atoms with Gasteiger partial charge in [0, 0.05) is 31.5 Å². The van der Waals surface area contributed by atoms with E-state index in [-0.39, 0.29) is 0 Å². The van der Waals surface area contributed by atoms with Gasteiger partial charge in [0.15, 0.2) is 0 Å². The van der Waals surface area contributed by atoms with E-state index in [1.807, 2.05) is 31.4 Å². The lowest BCUT2D eigenvalue weighted by Gasteiger charge is -2.12. The molecule has 0 saturated carbocycles. The van der Waals surface area contributed by atoms with Crippen LogP contribution >= 0.6 is 11.6 Å².